The van der Waals surface area contributed by atoms with Crippen molar-refractivity contribution in [2.24, 2.45) is 17.8 Å². The van der Waals surface area contributed by atoms with Crippen molar-refractivity contribution >= 4 is 28.0 Å². The first-order valence-electron chi connectivity index (χ1n) is 10.8. The Bertz CT molecular complexity index is 1040. The van der Waals surface area contributed by atoms with E-state index in [9.17, 15) is 4.79 Å². The molecule has 0 radical (unpaired) electrons. The van der Waals surface area contributed by atoms with Gasteiger partial charge in [-0.3, -0.25) is 14.9 Å². The summed E-state index contributed by atoms with van der Waals surface area (Å²) in [6, 6.07) is 5.41. The minimum atomic E-state index is -3.07. The Morgan fingerprint density at radius 2 is 2.00 bits per heavy atom. The molecule has 1 saturated heterocycles. The number of pyridine rings is 1. The van der Waals surface area contributed by atoms with Gasteiger partial charge >= 0.3 is 5.97 Å². The van der Waals surface area contributed by atoms with Gasteiger partial charge in [-0.2, -0.15) is 5.10 Å². The number of nitrogens with zero attached hydrogens (tertiary/aromatic N) is 2. The number of carbonyl (C=O) groups is 1. The predicted molar refractivity (Wildman–Crippen MR) is 121 cm³/mol. The van der Waals surface area contributed by atoms with E-state index in [4.69, 9.17) is 4.74 Å². The molecule has 0 bridgehead atoms. The molecular formula is C24H28BrF2N3O2. The van der Waals surface area contributed by atoms with Crippen LogP contribution in [0.5, 0.6) is 0 Å². The molecule has 4 rings (SSSR count). The van der Waals surface area contributed by atoms with Crippen LogP contribution in [0.4, 0.5) is 8.78 Å². The van der Waals surface area contributed by atoms with Gasteiger partial charge in [-0.05, 0) is 53.0 Å². The summed E-state index contributed by atoms with van der Waals surface area (Å²) in [6.07, 6.45) is 4.06. The van der Waals surface area contributed by atoms with Crippen molar-refractivity contribution in [3.63, 3.8) is 0 Å². The number of cyclic esters (lactones) is 1. The lowest BCUT2D eigenvalue weighted by atomic mass is 9.55. The third-order valence-corrected chi connectivity index (χ3v) is 7.46. The van der Waals surface area contributed by atoms with Crippen LogP contribution in [0.25, 0.3) is 6.08 Å². The normalized spacial score (nSPS) is 32.2. The highest BCUT2D eigenvalue weighted by Gasteiger charge is 2.69. The van der Waals surface area contributed by atoms with E-state index in [1.165, 1.54) is 0 Å². The average Bonchev–Trinajstić information content (AvgIpc) is 3.28. The minimum absolute atomic E-state index is 0.261. The summed E-state index contributed by atoms with van der Waals surface area (Å²) >= 11 is 3.35. The predicted octanol–water partition coefficient (Wildman–Crippen LogP) is 5.67. The van der Waals surface area contributed by atoms with Crippen molar-refractivity contribution < 1.29 is 18.3 Å². The van der Waals surface area contributed by atoms with Crippen molar-refractivity contribution in [1.82, 2.24) is 15.2 Å². The first kappa shape index (κ1) is 23.1. The highest BCUT2D eigenvalue weighted by Crippen LogP contribution is 2.60. The minimum Gasteiger partial charge on any atom is -0.462 e. The molecule has 1 aliphatic carbocycles. The van der Waals surface area contributed by atoms with E-state index >= 15 is 8.78 Å². The van der Waals surface area contributed by atoms with Crippen molar-refractivity contribution in [1.29, 1.82) is 0 Å². The molecule has 2 aromatic rings. The number of rotatable bonds is 3. The number of allylic oxidation sites excluding steroid dienone is 1. The maximum atomic E-state index is 15.4. The van der Waals surface area contributed by atoms with Crippen molar-refractivity contribution in [2.45, 2.75) is 63.9 Å². The van der Waals surface area contributed by atoms with Gasteiger partial charge in [0.25, 0.3) is 5.92 Å². The number of aromatic amines is 1. The highest BCUT2D eigenvalue weighted by atomic mass is 79.9. The molecule has 5 atom stereocenters. The Kier molecular flexibility index (Phi) is 5.59. The molecule has 0 amide bonds. The molecule has 0 aromatic carbocycles. The molecule has 32 heavy (non-hydrogen) atoms. The summed E-state index contributed by atoms with van der Waals surface area (Å²) in [6.45, 7) is 9.35. The van der Waals surface area contributed by atoms with Crippen LogP contribution in [-0.2, 0) is 20.4 Å². The van der Waals surface area contributed by atoms with Gasteiger partial charge in [0, 0.05) is 40.0 Å². The van der Waals surface area contributed by atoms with Gasteiger partial charge < -0.3 is 4.74 Å². The fraction of sp³-hybridized carbons (Fsp3) is 0.542. The highest BCUT2D eigenvalue weighted by molar-refractivity contribution is 9.10. The SMILES string of the molecule is C[C@H]1OC(=O)[C@]2(c3cc(C(C)(C)C)[nH]n3)CC(F)(F)[C@@H](C)[C@H](/C=C/c3ccc(Br)cn3)[C@H]12. The van der Waals surface area contributed by atoms with Gasteiger partial charge in [-0.1, -0.05) is 33.8 Å². The molecule has 2 aromatic heterocycles. The van der Waals surface area contributed by atoms with Crippen molar-refractivity contribution in [3.8, 4) is 0 Å². The Hall–Kier alpha value is -2.09. The van der Waals surface area contributed by atoms with Crippen LogP contribution < -0.4 is 0 Å². The summed E-state index contributed by atoms with van der Waals surface area (Å²) in [7, 11) is 0. The topological polar surface area (TPSA) is 67.9 Å². The summed E-state index contributed by atoms with van der Waals surface area (Å²) in [5.74, 6) is -5.71. The van der Waals surface area contributed by atoms with E-state index in [-0.39, 0.29) is 5.41 Å². The molecule has 2 fully saturated rings. The second-order valence-corrected chi connectivity index (χ2v) is 11.0. The molecule has 1 saturated carbocycles. The maximum absolute atomic E-state index is 15.4. The van der Waals surface area contributed by atoms with Crippen LogP contribution in [0.2, 0.25) is 0 Å². The first-order chi connectivity index (χ1) is 14.9. The number of carbonyl (C=O) groups excluding carboxylic acids is 1. The number of ether oxygens (including phenoxy) is 1. The number of alkyl halides is 2. The summed E-state index contributed by atoms with van der Waals surface area (Å²) in [5.41, 5.74) is 0.0299. The number of halogens is 3. The first-order valence-corrected chi connectivity index (χ1v) is 11.6. The van der Waals surface area contributed by atoms with Crippen LogP contribution in [0.3, 0.4) is 0 Å². The number of H-pyrrole nitrogens is 1. The van der Waals surface area contributed by atoms with Crippen LogP contribution in [0, 0.1) is 17.8 Å². The number of hydrogen-bond acceptors (Lipinski definition) is 4. The summed E-state index contributed by atoms with van der Waals surface area (Å²) < 4.78 is 37.3. The number of esters is 1. The number of aromatic nitrogens is 3. The fourth-order valence-corrected chi connectivity index (χ4v) is 5.36. The largest absolute Gasteiger partial charge is 0.462 e. The van der Waals surface area contributed by atoms with Gasteiger partial charge in [0.1, 0.15) is 11.5 Å². The van der Waals surface area contributed by atoms with Crippen LogP contribution in [-0.4, -0.2) is 33.2 Å². The standard InChI is InChI=1S/C24H28BrF2N3O2/c1-13-17(9-8-16-7-6-15(25)11-28-16)20-14(2)32-21(31)23(20,12-24(13,26)27)19-10-18(29-30-19)22(3,4)5/h6-11,13-14,17,20H,12H2,1-5H3,(H,29,30)/b9-8+/t13-,14+,17-,20-,23-/m0/s1. The fourth-order valence-electron chi connectivity index (χ4n) is 5.12. The average molecular weight is 508 g/mol. The lowest BCUT2D eigenvalue weighted by Crippen LogP contribution is -2.56. The Labute approximate surface area is 195 Å². The van der Waals surface area contributed by atoms with E-state index in [1.807, 2.05) is 32.9 Å². The van der Waals surface area contributed by atoms with Gasteiger partial charge in [0.2, 0.25) is 0 Å². The lowest BCUT2D eigenvalue weighted by molar-refractivity contribution is -0.157. The van der Waals surface area contributed by atoms with Crippen molar-refractivity contribution in [3.05, 3.63) is 52.0 Å². The zero-order valence-electron chi connectivity index (χ0n) is 18.8. The van der Waals surface area contributed by atoms with E-state index in [1.54, 1.807) is 38.3 Å². The van der Waals surface area contributed by atoms with Gasteiger partial charge in [0.15, 0.2) is 0 Å². The van der Waals surface area contributed by atoms with Crippen LogP contribution >= 0.6 is 15.9 Å². The number of hydrogen-bond donors (Lipinski definition) is 1. The number of nitrogens with one attached hydrogen (secondary N) is 1. The van der Waals surface area contributed by atoms with Gasteiger partial charge in [0.05, 0.1) is 11.4 Å². The Morgan fingerprint density at radius 1 is 1.28 bits per heavy atom. The molecule has 8 heteroatoms. The Morgan fingerprint density at radius 3 is 2.59 bits per heavy atom. The third-order valence-electron chi connectivity index (χ3n) is 6.99. The molecule has 3 heterocycles. The summed E-state index contributed by atoms with van der Waals surface area (Å²) in [4.78, 5) is 17.5. The third kappa shape index (κ3) is 3.70. The van der Waals surface area contributed by atoms with Crippen molar-refractivity contribution in [2.75, 3.05) is 0 Å². The smallest absolute Gasteiger partial charge is 0.319 e. The molecule has 172 valence electrons. The zero-order valence-corrected chi connectivity index (χ0v) is 20.4. The molecule has 0 unspecified atom stereocenters. The molecule has 0 spiro atoms. The Balaban J connectivity index is 1.82. The zero-order chi connectivity index (χ0) is 23.5. The van der Waals surface area contributed by atoms with Crippen LogP contribution in [0.1, 0.15) is 58.1 Å². The lowest BCUT2D eigenvalue weighted by Gasteiger charge is -2.47. The number of fused-ring (bicyclic) bond motifs is 1. The monoisotopic (exact) mass is 507 g/mol. The quantitative estimate of drug-likeness (QED) is 0.543. The molecule has 1 N–H and O–H groups in total. The second-order valence-electron chi connectivity index (χ2n) is 10.1. The summed E-state index contributed by atoms with van der Waals surface area (Å²) in [5, 5.41) is 7.34. The van der Waals surface area contributed by atoms with E-state index in [2.05, 4.69) is 31.1 Å². The van der Waals surface area contributed by atoms with E-state index in [0.717, 1.165) is 10.2 Å². The molecule has 2 aliphatic rings. The molecule has 5 nitrogen and oxygen atoms in total. The molecule has 1 aliphatic heterocycles. The van der Waals surface area contributed by atoms with Gasteiger partial charge in [-0.25, -0.2) is 8.78 Å². The second kappa shape index (κ2) is 7.75. The maximum Gasteiger partial charge on any atom is 0.319 e. The van der Waals surface area contributed by atoms with Crippen LogP contribution in [0.15, 0.2) is 34.9 Å². The van der Waals surface area contributed by atoms with E-state index in [0.29, 0.717) is 11.4 Å². The molecular weight excluding hydrogens is 480 g/mol. The van der Waals surface area contributed by atoms with E-state index < -0.39 is 47.6 Å². The van der Waals surface area contributed by atoms with Gasteiger partial charge in [-0.15, -0.1) is 0 Å².